The van der Waals surface area contributed by atoms with Crippen LogP contribution in [-0.4, -0.2) is 27.5 Å². The Morgan fingerprint density at radius 1 is 0.969 bits per heavy atom. The van der Waals surface area contributed by atoms with Gasteiger partial charge in [0, 0.05) is 33.8 Å². The Morgan fingerprint density at radius 3 is 2.16 bits per heavy atom. The molecule has 0 bridgehead atoms. The highest BCUT2D eigenvalue weighted by Crippen LogP contribution is 2.38. The van der Waals surface area contributed by atoms with E-state index in [1.807, 2.05) is 44.2 Å². The second-order valence-electron chi connectivity index (χ2n) is 8.42. The molecular formula is C26H24N2O4. The van der Waals surface area contributed by atoms with Crippen LogP contribution < -0.4 is 5.43 Å². The third-order valence-electron chi connectivity index (χ3n) is 6.23. The first-order valence-corrected chi connectivity index (χ1v) is 10.8. The van der Waals surface area contributed by atoms with Gasteiger partial charge in [0.15, 0.2) is 12.0 Å². The predicted octanol–water partition coefficient (Wildman–Crippen LogP) is 4.33. The monoisotopic (exact) mass is 428 g/mol. The number of Topliss-reactive ketones (excluding diaryl/α,β-unsaturated/α-hetero) is 1. The molecule has 0 N–H and O–H groups in total. The van der Waals surface area contributed by atoms with Crippen molar-refractivity contribution in [2.45, 2.75) is 39.3 Å². The van der Waals surface area contributed by atoms with Crippen molar-refractivity contribution in [2.24, 2.45) is 0 Å². The number of para-hydroxylation sites is 2. The van der Waals surface area contributed by atoms with Crippen molar-refractivity contribution in [2.75, 3.05) is 6.61 Å². The summed E-state index contributed by atoms with van der Waals surface area (Å²) in [5, 5.41) is 1.09. The minimum Gasteiger partial charge on any atom is -0.456 e. The minimum absolute atomic E-state index is 0.0676. The fourth-order valence-corrected chi connectivity index (χ4v) is 4.60. The van der Waals surface area contributed by atoms with Crippen LogP contribution in [-0.2, 0) is 16.1 Å². The van der Waals surface area contributed by atoms with Gasteiger partial charge >= 0.3 is 5.97 Å². The zero-order valence-electron chi connectivity index (χ0n) is 18.1. The summed E-state index contributed by atoms with van der Waals surface area (Å²) in [4.78, 5) is 38.3. The minimum atomic E-state index is -0.520. The average Bonchev–Trinajstić information content (AvgIpc) is 3.59. The van der Waals surface area contributed by atoms with E-state index in [-0.39, 0.29) is 24.4 Å². The van der Waals surface area contributed by atoms with E-state index in [9.17, 15) is 14.4 Å². The van der Waals surface area contributed by atoms with E-state index in [1.54, 1.807) is 28.8 Å². The lowest BCUT2D eigenvalue weighted by Gasteiger charge is -2.14. The Hall–Kier alpha value is -3.67. The molecule has 6 heteroatoms. The van der Waals surface area contributed by atoms with Crippen molar-refractivity contribution in [3.8, 4) is 0 Å². The number of hydrogen-bond acceptors (Lipinski definition) is 4. The van der Waals surface area contributed by atoms with Crippen LogP contribution in [0.4, 0.5) is 0 Å². The highest BCUT2D eigenvalue weighted by Gasteiger charge is 2.28. The van der Waals surface area contributed by atoms with Gasteiger partial charge in [-0.2, -0.15) is 0 Å². The number of ketones is 1. The maximum Gasteiger partial charge on any atom is 0.326 e. The molecule has 0 unspecified atom stereocenters. The number of benzene rings is 2. The zero-order chi connectivity index (χ0) is 22.4. The van der Waals surface area contributed by atoms with Crippen LogP contribution in [0, 0.1) is 13.8 Å². The molecule has 6 nitrogen and oxygen atoms in total. The average molecular weight is 428 g/mol. The van der Waals surface area contributed by atoms with Gasteiger partial charge in [0.1, 0.15) is 6.54 Å². The molecule has 162 valence electrons. The summed E-state index contributed by atoms with van der Waals surface area (Å²) in [6, 6.07) is 16.8. The second-order valence-corrected chi connectivity index (χ2v) is 8.42. The van der Waals surface area contributed by atoms with Gasteiger partial charge in [0.25, 0.3) is 0 Å². The standard InChI is InChI=1S/C26H24N2O4/c1-16-13-21(17(2)28(16)18-11-12-18)24(29)15-32-25(30)14-27-22-9-5-3-7-19(22)26(31)20-8-4-6-10-23(20)27/h3-10,13,18H,11-12,14-15H2,1-2H3. The Labute approximate surface area is 185 Å². The highest BCUT2D eigenvalue weighted by molar-refractivity contribution is 5.99. The van der Waals surface area contributed by atoms with Gasteiger partial charge in [-0.25, -0.2) is 0 Å². The fourth-order valence-electron chi connectivity index (χ4n) is 4.60. The molecule has 2 aromatic heterocycles. The van der Waals surface area contributed by atoms with E-state index in [0.29, 0.717) is 33.4 Å². The zero-order valence-corrected chi connectivity index (χ0v) is 18.1. The Kier molecular flexibility index (Phi) is 4.93. The number of esters is 1. The Morgan fingerprint density at radius 2 is 1.56 bits per heavy atom. The lowest BCUT2D eigenvalue weighted by molar-refractivity contribution is -0.143. The summed E-state index contributed by atoms with van der Waals surface area (Å²) in [6.45, 7) is 3.55. The second kappa shape index (κ2) is 7.79. The molecular weight excluding hydrogens is 404 g/mol. The van der Waals surface area contributed by atoms with Gasteiger partial charge in [-0.05, 0) is 57.0 Å². The van der Waals surface area contributed by atoms with E-state index in [1.165, 1.54) is 0 Å². The molecule has 5 rings (SSSR count). The molecule has 0 amide bonds. The van der Waals surface area contributed by atoms with Gasteiger partial charge in [-0.15, -0.1) is 0 Å². The van der Waals surface area contributed by atoms with Crippen molar-refractivity contribution in [3.05, 3.63) is 81.8 Å². The number of fused-ring (bicyclic) bond motifs is 2. The summed E-state index contributed by atoms with van der Waals surface area (Å²) in [5.74, 6) is -0.721. The lowest BCUT2D eigenvalue weighted by Crippen LogP contribution is -2.21. The molecule has 1 fully saturated rings. The summed E-state index contributed by atoms with van der Waals surface area (Å²) in [7, 11) is 0. The first kappa shape index (κ1) is 20.2. The number of aryl methyl sites for hydroxylation is 1. The number of carbonyl (C=O) groups excluding carboxylic acids is 2. The first-order chi connectivity index (χ1) is 15.5. The number of rotatable bonds is 6. The van der Waals surface area contributed by atoms with Crippen LogP contribution in [0.25, 0.3) is 21.8 Å². The summed E-state index contributed by atoms with van der Waals surface area (Å²) < 4.78 is 9.35. The van der Waals surface area contributed by atoms with E-state index < -0.39 is 5.97 Å². The molecule has 0 spiro atoms. The Balaban J connectivity index is 1.39. The van der Waals surface area contributed by atoms with Gasteiger partial charge in [-0.1, -0.05) is 24.3 Å². The lowest BCUT2D eigenvalue weighted by atomic mass is 10.1. The van der Waals surface area contributed by atoms with Gasteiger partial charge in [0.05, 0.1) is 11.0 Å². The largest absolute Gasteiger partial charge is 0.456 e. The first-order valence-electron chi connectivity index (χ1n) is 10.8. The molecule has 2 heterocycles. The van der Waals surface area contributed by atoms with Crippen molar-refractivity contribution < 1.29 is 14.3 Å². The normalized spacial score (nSPS) is 13.6. The fraction of sp³-hybridized carbons (Fsp3) is 0.269. The summed E-state index contributed by atoms with van der Waals surface area (Å²) in [6.07, 6.45) is 2.28. The molecule has 0 atom stereocenters. The highest BCUT2D eigenvalue weighted by atomic mass is 16.5. The molecule has 0 radical (unpaired) electrons. The summed E-state index contributed by atoms with van der Waals surface area (Å²) in [5.41, 5.74) is 3.86. The molecule has 2 aromatic carbocycles. The van der Waals surface area contributed by atoms with Crippen LogP contribution in [0.5, 0.6) is 0 Å². The molecule has 1 aliphatic carbocycles. The Bertz CT molecular complexity index is 1380. The molecule has 1 saturated carbocycles. The quantitative estimate of drug-likeness (QED) is 0.260. The van der Waals surface area contributed by atoms with Gasteiger partial charge in [-0.3, -0.25) is 14.4 Å². The third-order valence-corrected chi connectivity index (χ3v) is 6.23. The number of pyridine rings is 1. The van der Waals surface area contributed by atoms with Crippen molar-refractivity contribution >= 4 is 33.6 Å². The third kappa shape index (κ3) is 3.42. The molecule has 0 aliphatic heterocycles. The maximum atomic E-state index is 12.8. The van der Waals surface area contributed by atoms with Crippen molar-refractivity contribution in [1.29, 1.82) is 0 Å². The van der Waals surface area contributed by atoms with Crippen LogP contribution in [0.15, 0.2) is 59.4 Å². The maximum absolute atomic E-state index is 12.8. The van der Waals surface area contributed by atoms with E-state index in [4.69, 9.17) is 4.74 Å². The van der Waals surface area contributed by atoms with Crippen LogP contribution in [0.2, 0.25) is 0 Å². The number of nitrogens with zero attached hydrogens (tertiary/aromatic N) is 2. The van der Waals surface area contributed by atoms with Crippen LogP contribution in [0.3, 0.4) is 0 Å². The van der Waals surface area contributed by atoms with Crippen molar-refractivity contribution in [3.63, 3.8) is 0 Å². The number of ether oxygens (including phenoxy) is 1. The molecule has 32 heavy (non-hydrogen) atoms. The van der Waals surface area contributed by atoms with E-state index in [2.05, 4.69) is 4.57 Å². The molecule has 4 aromatic rings. The molecule has 1 aliphatic rings. The SMILES string of the molecule is Cc1cc(C(=O)COC(=O)Cn2c3ccccc3c(=O)c3ccccc32)c(C)n1C1CC1. The smallest absolute Gasteiger partial charge is 0.326 e. The van der Waals surface area contributed by atoms with Crippen LogP contribution >= 0.6 is 0 Å². The van der Waals surface area contributed by atoms with Gasteiger partial charge in [0.2, 0.25) is 5.78 Å². The van der Waals surface area contributed by atoms with Crippen LogP contribution in [0.1, 0.15) is 40.6 Å². The number of carbonyl (C=O) groups is 2. The predicted molar refractivity (Wildman–Crippen MR) is 123 cm³/mol. The van der Waals surface area contributed by atoms with E-state index >= 15 is 0 Å². The number of hydrogen-bond donors (Lipinski definition) is 0. The van der Waals surface area contributed by atoms with Gasteiger partial charge < -0.3 is 13.9 Å². The number of aromatic nitrogens is 2. The topological polar surface area (TPSA) is 70.3 Å². The molecule has 0 saturated heterocycles. The van der Waals surface area contributed by atoms with E-state index in [0.717, 1.165) is 24.2 Å². The van der Waals surface area contributed by atoms with Crippen molar-refractivity contribution in [1.82, 2.24) is 9.13 Å². The summed E-state index contributed by atoms with van der Waals surface area (Å²) >= 11 is 0.